The standard InChI is InChI=1S/C39H42N2O8.C35H44N2O7/c1-3-4-5-6-10-23-48-32-20-16-30(17-21-32)39(46)49-34-22-13-28(25-35(34)47-2)24-33(38(44)45)41-37(43)29-14-18-31(19-15-29)40-36(42)26-27-11-8-7-9-12-27;1-6-7-8-9-10-21-42-28-18-14-26(15-19-28)33(39)43-30-20-11-24(23-31(30)41-5)22-29(34(40)44-35(2,3)4)37-32(38)25-12-16-27(36)17-13-25/h7-9,11-22,25,33H,3-6,10,23-24,26H2,1-2H3,(H,40,42)(H,41,43)(H,44,45);11-20,23,29H,6-10,21-22,36H2,1-5H3,(H,37,38). The van der Waals surface area contributed by atoms with Gasteiger partial charge in [-0.3, -0.25) is 14.4 Å². The van der Waals surface area contributed by atoms with Gasteiger partial charge < -0.3 is 59.9 Å². The first-order valence-electron chi connectivity index (χ1n) is 31.3. The van der Waals surface area contributed by atoms with Crippen molar-refractivity contribution < 1.29 is 71.8 Å². The van der Waals surface area contributed by atoms with Gasteiger partial charge in [-0.1, -0.05) is 108 Å². The second-order valence-corrected chi connectivity index (χ2v) is 23.1. The lowest BCUT2D eigenvalue weighted by molar-refractivity contribution is -0.157. The average Bonchev–Trinajstić information content (AvgIpc) is 1.28. The second kappa shape index (κ2) is 37.2. The maximum absolute atomic E-state index is 13.1. The molecule has 0 aliphatic heterocycles. The quantitative estimate of drug-likeness (QED) is 0.0111. The van der Waals surface area contributed by atoms with E-state index in [0.717, 1.165) is 31.2 Å². The molecule has 7 aromatic rings. The number of unbranched alkanes of at least 4 members (excludes halogenated alkanes) is 8. The Morgan fingerprint density at radius 1 is 0.484 bits per heavy atom. The zero-order valence-electron chi connectivity index (χ0n) is 54.1. The van der Waals surface area contributed by atoms with E-state index in [2.05, 4.69) is 29.8 Å². The van der Waals surface area contributed by atoms with Crippen molar-refractivity contribution in [1.29, 1.82) is 0 Å². The Morgan fingerprint density at radius 3 is 1.35 bits per heavy atom. The van der Waals surface area contributed by atoms with Crippen molar-refractivity contribution in [1.82, 2.24) is 10.6 Å². The number of carboxylic acid groups (broad SMARTS) is 1. The maximum Gasteiger partial charge on any atom is 0.343 e. The van der Waals surface area contributed by atoms with Crippen LogP contribution >= 0.6 is 0 Å². The summed E-state index contributed by atoms with van der Waals surface area (Å²) in [6.45, 7) is 10.9. The van der Waals surface area contributed by atoms with Crippen molar-refractivity contribution in [2.75, 3.05) is 38.5 Å². The summed E-state index contributed by atoms with van der Waals surface area (Å²) in [6, 6.07) is 42.8. The van der Waals surface area contributed by atoms with E-state index in [1.807, 2.05) is 30.3 Å². The van der Waals surface area contributed by atoms with E-state index in [4.69, 9.17) is 38.9 Å². The third-order valence-corrected chi connectivity index (χ3v) is 14.4. The monoisotopic (exact) mass is 1270 g/mol. The molecule has 6 N–H and O–H groups in total. The van der Waals surface area contributed by atoms with E-state index in [1.54, 1.807) is 136 Å². The predicted molar refractivity (Wildman–Crippen MR) is 357 cm³/mol. The van der Waals surface area contributed by atoms with Crippen molar-refractivity contribution in [3.05, 3.63) is 203 Å². The normalized spacial score (nSPS) is 11.5. The fourth-order valence-corrected chi connectivity index (χ4v) is 9.38. The fraction of sp³-hybridized carbons (Fsp3) is 0.338. The summed E-state index contributed by atoms with van der Waals surface area (Å²) in [4.78, 5) is 89.1. The number of hydrogen-bond donors (Lipinski definition) is 5. The Balaban J connectivity index is 0.000000297. The highest BCUT2D eigenvalue weighted by molar-refractivity contribution is 5.99. The summed E-state index contributed by atoms with van der Waals surface area (Å²) >= 11 is 0. The number of carbonyl (C=O) groups is 7. The van der Waals surface area contributed by atoms with Gasteiger partial charge in [0.15, 0.2) is 23.0 Å². The molecule has 19 nitrogen and oxygen atoms in total. The average molecular weight is 1270 g/mol. The minimum absolute atomic E-state index is 0.0562. The number of methoxy groups -OCH3 is 2. The number of aliphatic carboxylic acids is 1. The predicted octanol–water partition coefficient (Wildman–Crippen LogP) is 13.4. The lowest BCUT2D eigenvalue weighted by atomic mass is 10.0. The van der Waals surface area contributed by atoms with E-state index in [9.17, 15) is 38.7 Å². The SMILES string of the molecule is CCCCCCCOc1ccc(C(=O)Oc2ccc(CC(NC(=O)c3ccc(N)cc3)C(=O)OC(C)(C)C)cc2OC)cc1.CCCCCCCOc1ccc(C(=O)Oc2ccc(CC(NC(=O)c3ccc(NC(=O)Cc4ccccc4)cc3)C(=O)O)cc2OC)cc1. The van der Waals surface area contributed by atoms with Crippen LogP contribution in [0.1, 0.15) is 157 Å². The molecule has 0 bridgehead atoms. The van der Waals surface area contributed by atoms with Crippen molar-refractivity contribution in [2.45, 2.75) is 136 Å². The van der Waals surface area contributed by atoms with Gasteiger partial charge in [0.25, 0.3) is 11.8 Å². The summed E-state index contributed by atoms with van der Waals surface area (Å²) in [5, 5.41) is 18.0. The minimum atomic E-state index is -1.26. The van der Waals surface area contributed by atoms with Crippen molar-refractivity contribution in [2.24, 2.45) is 0 Å². The van der Waals surface area contributed by atoms with Crippen LogP contribution in [-0.4, -0.2) is 91.8 Å². The zero-order chi connectivity index (χ0) is 67.1. The number of ether oxygens (including phenoxy) is 7. The molecule has 0 spiro atoms. The molecule has 0 heterocycles. The summed E-state index contributed by atoms with van der Waals surface area (Å²) in [6.07, 6.45) is 11.8. The maximum atomic E-state index is 13.1. The largest absolute Gasteiger partial charge is 0.494 e. The van der Waals surface area contributed by atoms with Crippen molar-refractivity contribution >= 4 is 53.0 Å². The molecular weight excluding hydrogens is 1180 g/mol. The summed E-state index contributed by atoms with van der Waals surface area (Å²) < 4.78 is 39.2. The number of nitrogens with one attached hydrogen (secondary N) is 3. The van der Waals surface area contributed by atoms with Crippen LogP contribution < -0.4 is 50.1 Å². The molecule has 2 atom stereocenters. The smallest absolute Gasteiger partial charge is 0.343 e. The molecule has 7 aromatic carbocycles. The van der Waals surface area contributed by atoms with Gasteiger partial charge in [-0.05, 0) is 172 Å². The number of carboxylic acids is 1. The molecule has 0 radical (unpaired) electrons. The van der Waals surface area contributed by atoms with Gasteiger partial charge in [-0.2, -0.15) is 0 Å². The lowest BCUT2D eigenvalue weighted by Gasteiger charge is -2.25. The van der Waals surface area contributed by atoms with Crippen LogP contribution in [0.25, 0.3) is 0 Å². The first kappa shape index (κ1) is 71.9. The zero-order valence-corrected chi connectivity index (χ0v) is 54.1. The van der Waals surface area contributed by atoms with Crippen LogP contribution in [0, 0.1) is 0 Å². The van der Waals surface area contributed by atoms with Gasteiger partial charge >= 0.3 is 23.9 Å². The third kappa shape index (κ3) is 24.9. The van der Waals surface area contributed by atoms with Gasteiger partial charge in [0.1, 0.15) is 29.2 Å². The number of nitrogen functional groups attached to an aromatic ring is 1. The molecule has 492 valence electrons. The molecule has 19 heteroatoms. The molecule has 0 aliphatic rings. The minimum Gasteiger partial charge on any atom is -0.494 e. The molecule has 0 aromatic heterocycles. The highest BCUT2D eigenvalue weighted by atomic mass is 16.6. The highest BCUT2D eigenvalue weighted by Gasteiger charge is 2.29. The molecule has 93 heavy (non-hydrogen) atoms. The van der Waals surface area contributed by atoms with Gasteiger partial charge in [-0.25, -0.2) is 19.2 Å². The fourth-order valence-electron chi connectivity index (χ4n) is 9.38. The van der Waals surface area contributed by atoms with Crippen LogP contribution in [0.2, 0.25) is 0 Å². The summed E-state index contributed by atoms with van der Waals surface area (Å²) in [5.41, 5.74) is 9.36. The molecule has 7 rings (SSSR count). The van der Waals surface area contributed by atoms with Crippen molar-refractivity contribution in [3.8, 4) is 34.5 Å². The number of benzene rings is 7. The number of amides is 3. The number of anilines is 2. The summed E-state index contributed by atoms with van der Waals surface area (Å²) in [7, 11) is 2.87. The van der Waals surface area contributed by atoms with Crippen LogP contribution in [-0.2, 0) is 38.4 Å². The second-order valence-electron chi connectivity index (χ2n) is 23.1. The Morgan fingerprint density at radius 2 is 0.914 bits per heavy atom. The number of carbonyl (C=O) groups excluding carboxylic acids is 6. The number of rotatable bonds is 33. The van der Waals surface area contributed by atoms with Gasteiger partial charge in [0.2, 0.25) is 5.91 Å². The van der Waals surface area contributed by atoms with E-state index in [-0.39, 0.29) is 48.0 Å². The molecule has 2 unspecified atom stereocenters. The van der Waals surface area contributed by atoms with Gasteiger partial charge in [0.05, 0.1) is 45.0 Å². The van der Waals surface area contributed by atoms with Crippen LogP contribution in [0.5, 0.6) is 34.5 Å². The topological polar surface area (TPSA) is 266 Å². The number of nitrogens with two attached hydrogens (primary N) is 1. The van der Waals surface area contributed by atoms with Crippen LogP contribution in [0.3, 0.4) is 0 Å². The first-order chi connectivity index (χ1) is 44.7. The van der Waals surface area contributed by atoms with Gasteiger partial charge in [-0.15, -0.1) is 0 Å². The van der Waals surface area contributed by atoms with E-state index < -0.39 is 53.4 Å². The third-order valence-electron chi connectivity index (χ3n) is 14.4. The summed E-state index contributed by atoms with van der Waals surface area (Å²) in [5.74, 6) is -1.90. The number of esters is 3. The molecule has 3 amide bonds. The van der Waals surface area contributed by atoms with Crippen LogP contribution in [0.4, 0.5) is 11.4 Å². The van der Waals surface area contributed by atoms with E-state index in [0.29, 0.717) is 69.7 Å². The Labute approximate surface area is 544 Å². The molecule has 0 saturated heterocycles. The van der Waals surface area contributed by atoms with Crippen LogP contribution in [0.15, 0.2) is 164 Å². The highest BCUT2D eigenvalue weighted by Crippen LogP contribution is 2.32. The molecular formula is C74H86N4O15. The molecule has 0 fully saturated rings. The van der Waals surface area contributed by atoms with Gasteiger partial charge in [0, 0.05) is 35.3 Å². The number of hydrogen-bond acceptors (Lipinski definition) is 15. The Bertz CT molecular complexity index is 3530. The van der Waals surface area contributed by atoms with E-state index in [1.165, 1.54) is 70.9 Å². The lowest BCUT2D eigenvalue weighted by Crippen LogP contribution is -2.45. The Hall–Kier alpha value is -10.2. The van der Waals surface area contributed by atoms with Crippen molar-refractivity contribution in [3.63, 3.8) is 0 Å². The first-order valence-corrected chi connectivity index (χ1v) is 31.3. The Kier molecular flexibility index (Phi) is 28.8. The van der Waals surface area contributed by atoms with E-state index >= 15 is 0 Å². The molecule has 0 saturated carbocycles. The molecule has 0 aliphatic carbocycles.